The number of amides is 1. The summed E-state index contributed by atoms with van der Waals surface area (Å²) in [5.41, 5.74) is 0. The molecule has 2 aliphatic heterocycles. The smallest absolute Gasteiger partial charge is 0.222 e. The lowest BCUT2D eigenvalue weighted by Crippen LogP contribution is -2.40. The Morgan fingerprint density at radius 2 is 1.77 bits per heavy atom. The minimum absolute atomic E-state index is 0.362. The Morgan fingerprint density at radius 1 is 0.909 bits per heavy atom. The van der Waals surface area contributed by atoms with Gasteiger partial charge >= 0.3 is 0 Å². The molecule has 3 fully saturated rings. The summed E-state index contributed by atoms with van der Waals surface area (Å²) in [6.45, 7) is 5.82. The summed E-state index contributed by atoms with van der Waals surface area (Å²) in [5, 5.41) is 0. The van der Waals surface area contributed by atoms with Crippen LogP contribution in [0.4, 0.5) is 0 Å². The first-order chi connectivity index (χ1) is 10.8. The molecule has 3 rings (SSSR count). The number of nitrogens with zero attached hydrogens (tertiary/aromatic N) is 2. The highest BCUT2D eigenvalue weighted by atomic mass is 16.5. The third-order valence-corrected chi connectivity index (χ3v) is 5.69. The van der Waals surface area contributed by atoms with Gasteiger partial charge in [-0.2, -0.15) is 0 Å². The summed E-state index contributed by atoms with van der Waals surface area (Å²) in [6.07, 6.45) is 11.1. The number of ether oxygens (including phenoxy) is 1. The maximum Gasteiger partial charge on any atom is 0.222 e. The third-order valence-electron chi connectivity index (χ3n) is 5.69. The molecule has 0 aromatic rings. The molecule has 0 N–H and O–H groups in total. The predicted molar refractivity (Wildman–Crippen MR) is 87.8 cm³/mol. The van der Waals surface area contributed by atoms with E-state index in [1.165, 1.54) is 38.6 Å². The highest BCUT2D eigenvalue weighted by Gasteiger charge is 2.26. The van der Waals surface area contributed by atoms with Crippen molar-refractivity contribution in [2.75, 3.05) is 39.4 Å². The third kappa shape index (κ3) is 4.45. The first-order valence-corrected chi connectivity index (χ1v) is 9.42. The average Bonchev–Trinajstić information content (AvgIpc) is 2.83. The topological polar surface area (TPSA) is 32.8 Å². The monoisotopic (exact) mass is 308 g/mol. The lowest BCUT2D eigenvalue weighted by Gasteiger charge is -2.33. The summed E-state index contributed by atoms with van der Waals surface area (Å²) < 4.78 is 5.51. The molecule has 0 unspecified atom stereocenters. The lowest BCUT2D eigenvalue weighted by molar-refractivity contribution is -0.133. The van der Waals surface area contributed by atoms with Gasteiger partial charge in [0.05, 0.1) is 0 Å². The Kier molecular flexibility index (Phi) is 6.13. The fourth-order valence-electron chi connectivity index (χ4n) is 4.34. The van der Waals surface area contributed by atoms with Crippen LogP contribution in [0.2, 0.25) is 0 Å². The van der Waals surface area contributed by atoms with Gasteiger partial charge in [0.1, 0.15) is 0 Å². The number of rotatable bonds is 3. The summed E-state index contributed by atoms with van der Waals surface area (Å²) in [4.78, 5) is 17.3. The zero-order valence-electron chi connectivity index (χ0n) is 14.0. The zero-order valence-corrected chi connectivity index (χ0v) is 14.0. The van der Waals surface area contributed by atoms with Gasteiger partial charge < -0.3 is 9.64 Å². The molecule has 0 radical (unpaired) electrons. The average molecular weight is 308 g/mol. The van der Waals surface area contributed by atoms with E-state index in [0.717, 1.165) is 58.2 Å². The Bertz CT molecular complexity index is 349. The number of hydrogen-bond acceptors (Lipinski definition) is 3. The van der Waals surface area contributed by atoms with Gasteiger partial charge in [0.15, 0.2) is 0 Å². The molecule has 0 bridgehead atoms. The van der Waals surface area contributed by atoms with E-state index in [9.17, 15) is 4.79 Å². The van der Waals surface area contributed by atoms with E-state index < -0.39 is 0 Å². The largest absolute Gasteiger partial charge is 0.381 e. The van der Waals surface area contributed by atoms with E-state index in [2.05, 4.69) is 9.80 Å². The molecule has 126 valence electrons. The van der Waals surface area contributed by atoms with Crippen molar-refractivity contribution in [1.82, 2.24) is 9.80 Å². The summed E-state index contributed by atoms with van der Waals surface area (Å²) in [7, 11) is 0. The number of carbonyl (C=O) groups excluding carboxylic acids is 1. The molecule has 2 heterocycles. The second kappa shape index (κ2) is 8.30. The van der Waals surface area contributed by atoms with Crippen molar-refractivity contribution in [3.8, 4) is 0 Å². The highest BCUT2D eigenvalue weighted by molar-refractivity contribution is 5.76. The fraction of sp³-hybridized carbons (Fsp3) is 0.944. The van der Waals surface area contributed by atoms with Crippen LogP contribution in [0.15, 0.2) is 0 Å². The van der Waals surface area contributed by atoms with E-state index in [1.807, 2.05) is 0 Å². The first-order valence-electron chi connectivity index (χ1n) is 9.42. The summed E-state index contributed by atoms with van der Waals surface area (Å²) in [6, 6.07) is 0.788. The van der Waals surface area contributed by atoms with Gasteiger partial charge in [0.25, 0.3) is 0 Å². The van der Waals surface area contributed by atoms with E-state index in [1.54, 1.807) is 0 Å². The Balaban J connectivity index is 1.45. The Labute approximate surface area is 135 Å². The number of hydrogen-bond donors (Lipinski definition) is 0. The van der Waals surface area contributed by atoms with Crippen LogP contribution in [0, 0.1) is 5.92 Å². The molecule has 22 heavy (non-hydrogen) atoms. The second-order valence-corrected chi connectivity index (χ2v) is 7.35. The molecule has 0 aromatic carbocycles. The van der Waals surface area contributed by atoms with Gasteiger partial charge in [-0.25, -0.2) is 0 Å². The van der Waals surface area contributed by atoms with Gasteiger partial charge in [-0.05, 0) is 38.0 Å². The molecule has 1 saturated carbocycles. The van der Waals surface area contributed by atoms with Crippen LogP contribution in [-0.4, -0.2) is 61.1 Å². The fourth-order valence-corrected chi connectivity index (χ4v) is 4.34. The standard InChI is InChI=1S/C18H32N2O2/c21-18(14-16-6-4-13-22-15-16)20-10-5-9-19(11-12-20)17-7-2-1-3-8-17/h16-17H,1-15H2/t16-/m0/s1. The van der Waals surface area contributed by atoms with E-state index in [4.69, 9.17) is 4.74 Å². The van der Waals surface area contributed by atoms with Crippen molar-refractivity contribution < 1.29 is 9.53 Å². The lowest BCUT2D eigenvalue weighted by atomic mass is 9.94. The molecule has 4 heteroatoms. The molecule has 2 saturated heterocycles. The zero-order chi connectivity index (χ0) is 15.2. The van der Waals surface area contributed by atoms with Crippen molar-refractivity contribution in [1.29, 1.82) is 0 Å². The molecular weight excluding hydrogens is 276 g/mol. The first kappa shape index (κ1) is 16.3. The quantitative estimate of drug-likeness (QED) is 0.803. The Hall–Kier alpha value is -0.610. The molecule has 0 spiro atoms. The van der Waals surface area contributed by atoms with Gasteiger partial charge in [0, 0.05) is 51.9 Å². The molecule has 1 amide bonds. The Morgan fingerprint density at radius 3 is 2.55 bits per heavy atom. The minimum Gasteiger partial charge on any atom is -0.381 e. The van der Waals surface area contributed by atoms with Crippen molar-refractivity contribution in [2.24, 2.45) is 5.92 Å². The van der Waals surface area contributed by atoms with Crippen molar-refractivity contribution in [2.45, 2.75) is 63.8 Å². The van der Waals surface area contributed by atoms with Crippen molar-refractivity contribution >= 4 is 5.91 Å². The van der Waals surface area contributed by atoms with Crippen LogP contribution in [0.5, 0.6) is 0 Å². The maximum absolute atomic E-state index is 12.6. The minimum atomic E-state index is 0.362. The van der Waals surface area contributed by atoms with Crippen LogP contribution < -0.4 is 0 Å². The summed E-state index contributed by atoms with van der Waals surface area (Å²) in [5.74, 6) is 0.819. The van der Waals surface area contributed by atoms with Crippen molar-refractivity contribution in [3.63, 3.8) is 0 Å². The van der Waals surface area contributed by atoms with Crippen LogP contribution >= 0.6 is 0 Å². The number of carbonyl (C=O) groups is 1. The summed E-state index contributed by atoms with van der Waals surface area (Å²) >= 11 is 0. The van der Waals surface area contributed by atoms with Gasteiger partial charge in [-0.3, -0.25) is 9.69 Å². The molecular formula is C18H32N2O2. The van der Waals surface area contributed by atoms with Crippen LogP contribution in [0.25, 0.3) is 0 Å². The van der Waals surface area contributed by atoms with Crippen molar-refractivity contribution in [3.05, 3.63) is 0 Å². The molecule has 1 atom stereocenters. The van der Waals surface area contributed by atoms with Gasteiger partial charge in [-0.15, -0.1) is 0 Å². The van der Waals surface area contributed by atoms with Crippen LogP contribution in [0.1, 0.15) is 57.8 Å². The molecule has 0 aromatic heterocycles. The molecule has 1 aliphatic carbocycles. The molecule has 3 aliphatic rings. The normalized spacial score (nSPS) is 29.3. The maximum atomic E-state index is 12.6. The van der Waals surface area contributed by atoms with Crippen LogP contribution in [-0.2, 0) is 9.53 Å². The van der Waals surface area contributed by atoms with Crippen LogP contribution in [0.3, 0.4) is 0 Å². The van der Waals surface area contributed by atoms with E-state index >= 15 is 0 Å². The second-order valence-electron chi connectivity index (χ2n) is 7.35. The van der Waals surface area contributed by atoms with E-state index in [-0.39, 0.29) is 0 Å². The molecule has 4 nitrogen and oxygen atoms in total. The SMILES string of the molecule is O=C(C[C@@H]1CCCOC1)N1CCCN(C2CCCCC2)CC1. The van der Waals surface area contributed by atoms with Gasteiger partial charge in [0.2, 0.25) is 5.91 Å². The highest BCUT2D eigenvalue weighted by Crippen LogP contribution is 2.24. The predicted octanol–water partition coefficient (Wildman–Crippen LogP) is 2.67. The van der Waals surface area contributed by atoms with Gasteiger partial charge in [-0.1, -0.05) is 19.3 Å². The van der Waals surface area contributed by atoms with E-state index in [0.29, 0.717) is 18.2 Å².